The van der Waals surface area contributed by atoms with Crippen LogP contribution >= 0.6 is 0 Å². The molecule has 1 aromatic carbocycles. The predicted molar refractivity (Wildman–Crippen MR) is 75.5 cm³/mol. The molecule has 0 unspecified atom stereocenters. The summed E-state index contributed by atoms with van der Waals surface area (Å²) in [5.74, 6) is 0.809. The molecule has 0 aliphatic rings. The van der Waals surface area contributed by atoms with Crippen LogP contribution in [0.1, 0.15) is 30.9 Å². The van der Waals surface area contributed by atoms with Gasteiger partial charge in [-0.25, -0.2) is 9.97 Å². The number of rotatable bonds is 3. The number of nitriles is 1. The summed E-state index contributed by atoms with van der Waals surface area (Å²) >= 11 is 0. The number of benzene rings is 1. The first-order valence-corrected chi connectivity index (χ1v) is 6.20. The van der Waals surface area contributed by atoms with Crippen LogP contribution in [-0.2, 0) is 0 Å². The van der Waals surface area contributed by atoms with Gasteiger partial charge in [-0.1, -0.05) is 32.0 Å². The second-order valence-electron chi connectivity index (χ2n) is 4.76. The number of hydrogen-bond acceptors (Lipinski definition) is 4. The van der Waals surface area contributed by atoms with E-state index < -0.39 is 0 Å². The Labute approximate surface area is 113 Å². The molecule has 0 atom stereocenters. The standard InChI is InChI=1S/C15H16N4/c1-10(2)12-5-4-11(3)14(6-12)13-7-17-15(18-8-13)19-9-16/h4-8,10H,1-3H3,(H,17,18,19). The summed E-state index contributed by atoms with van der Waals surface area (Å²) < 4.78 is 0. The Bertz CT molecular complexity index is 609. The molecule has 2 rings (SSSR count). The third kappa shape index (κ3) is 2.89. The van der Waals surface area contributed by atoms with Crippen molar-refractivity contribution < 1.29 is 0 Å². The Balaban J connectivity index is 2.40. The lowest BCUT2D eigenvalue weighted by atomic mass is 9.95. The molecule has 2 aromatic rings. The van der Waals surface area contributed by atoms with Gasteiger partial charge < -0.3 is 0 Å². The normalized spacial score (nSPS) is 10.3. The molecule has 0 amide bonds. The fraction of sp³-hybridized carbons (Fsp3) is 0.267. The SMILES string of the molecule is Cc1ccc(C(C)C)cc1-c1cnc(NC#N)nc1. The van der Waals surface area contributed by atoms with Crippen LogP contribution in [0.4, 0.5) is 5.95 Å². The minimum Gasteiger partial charge on any atom is -0.261 e. The largest absolute Gasteiger partial charge is 0.261 e. The molecule has 4 nitrogen and oxygen atoms in total. The molecule has 0 radical (unpaired) electrons. The summed E-state index contributed by atoms with van der Waals surface area (Å²) in [5, 5.41) is 10.9. The van der Waals surface area contributed by atoms with Crippen LogP contribution in [0.3, 0.4) is 0 Å². The lowest BCUT2D eigenvalue weighted by Crippen LogP contribution is -1.96. The van der Waals surface area contributed by atoms with Crippen molar-refractivity contribution in [1.82, 2.24) is 9.97 Å². The van der Waals surface area contributed by atoms with Gasteiger partial charge in [0.05, 0.1) is 0 Å². The van der Waals surface area contributed by atoms with E-state index in [1.54, 1.807) is 18.6 Å². The Hall–Kier alpha value is -2.41. The quantitative estimate of drug-likeness (QED) is 0.671. The van der Waals surface area contributed by atoms with Crippen LogP contribution in [0.25, 0.3) is 11.1 Å². The zero-order chi connectivity index (χ0) is 13.8. The first-order chi connectivity index (χ1) is 9.11. The van der Waals surface area contributed by atoms with E-state index in [2.05, 4.69) is 54.3 Å². The zero-order valence-corrected chi connectivity index (χ0v) is 11.3. The van der Waals surface area contributed by atoms with E-state index in [1.807, 2.05) is 0 Å². The molecule has 1 N–H and O–H groups in total. The highest BCUT2D eigenvalue weighted by Crippen LogP contribution is 2.26. The molecule has 0 saturated carbocycles. The molecular formula is C15H16N4. The Morgan fingerprint density at radius 1 is 1.21 bits per heavy atom. The van der Waals surface area contributed by atoms with E-state index in [9.17, 15) is 0 Å². The van der Waals surface area contributed by atoms with E-state index in [1.165, 1.54) is 11.1 Å². The third-order valence-corrected chi connectivity index (χ3v) is 3.06. The van der Waals surface area contributed by atoms with Crippen LogP contribution < -0.4 is 5.32 Å². The molecule has 0 spiro atoms. The Morgan fingerprint density at radius 2 is 1.89 bits per heavy atom. The molecule has 0 aliphatic carbocycles. The third-order valence-electron chi connectivity index (χ3n) is 3.06. The van der Waals surface area contributed by atoms with Crippen LogP contribution in [0.2, 0.25) is 0 Å². The zero-order valence-electron chi connectivity index (χ0n) is 11.3. The first-order valence-electron chi connectivity index (χ1n) is 6.20. The second kappa shape index (κ2) is 5.49. The number of hydrogen-bond donors (Lipinski definition) is 1. The van der Waals surface area contributed by atoms with Crippen molar-refractivity contribution in [3.05, 3.63) is 41.7 Å². The number of aromatic nitrogens is 2. The van der Waals surface area contributed by atoms with E-state index >= 15 is 0 Å². The summed E-state index contributed by atoms with van der Waals surface area (Å²) in [4.78, 5) is 8.23. The highest BCUT2D eigenvalue weighted by atomic mass is 15.1. The fourth-order valence-electron chi connectivity index (χ4n) is 1.89. The van der Waals surface area contributed by atoms with Crippen LogP contribution in [-0.4, -0.2) is 9.97 Å². The van der Waals surface area contributed by atoms with Crippen molar-refractivity contribution in [2.75, 3.05) is 5.32 Å². The number of nitrogens with zero attached hydrogens (tertiary/aromatic N) is 3. The van der Waals surface area contributed by atoms with Gasteiger partial charge in [0.15, 0.2) is 6.19 Å². The van der Waals surface area contributed by atoms with Crippen molar-refractivity contribution in [2.45, 2.75) is 26.7 Å². The smallest absolute Gasteiger partial charge is 0.236 e. The van der Waals surface area contributed by atoms with Crippen LogP contribution in [0, 0.1) is 18.4 Å². The van der Waals surface area contributed by atoms with Gasteiger partial charge >= 0.3 is 0 Å². The van der Waals surface area contributed by atoms with Crippen LogP contribution in [0.15, 0.2) is 30.6 Å². The van der Waals surface area contributed by atoms with E-state index in [0.29, 0.717) is 11.9 Å². The van der Waals surface area contributed by atoms with Gasteiger partial charge in [-0.3, -0.25) is 5.32 Å². The molecule has 0 saturated heterocycles. The monoisotopic (exact) mass is 252 g/mol. The summed E-state index contributed by atoms with van der Waals surface area (Å²) in [7, 11) is 0. The minimum absolute atomic E-state index is 0.323. The number of anilines is 1. The van der Waals surface area contributed by atoms with Gasteiger partial charge in [-0.15, -0.1) is 0 Å². The molecule has 1 aromatic heterocycles. The minimum atomic E-state index is 0.323. The fourth-order valence-corrected chi connectivity index (χ4v) is 1.89. The van der Waals surface area contributed by atoms with E-state index in [0.717, 1.165) is 11.1 Å². The van der Waals surface area contributed by atoms with Crippen molar-refractivity contribution in [3.8, 4) is 17.3 Å². The average molecular weight is 252 g/mol. The maximum Gasteiger partial charge on any atom is 0.236 e. The molecule has 0 aliphatic heterocycles. The van der Waals surface area contributed by atoms with Crippen molar-refractivity contribution in [1.29, 1.82) is 5.26 Å². The Kier molecular flexibility index (Phi) is 3.76. The van der Waals surface area contributed by atoms with Gasteiger partial charge in [0.1, 0.15) is 0 Å². The van der Waals surface area contributed by atoms with Crippen molar-refractivity contribution in [2.24, 2.45) is 0 Å². The molecule has 96 valence electrons. The summed E-state index contributed by atoms with van der Waals surface area (Å²) in [5.41, 5.74) is 4.58. The summed E-state index contributed by atoms with van der Waals surface area (Å²) in [6.45, 7) is 6.41. The lowest BCUT2D eigenvalue weighted by molar-refractivity contribution is 0.866. The lowest BCUT2D eigenvalue weighted by Gasteiger charge is -2.11. The highest BCUT2D eigenvalue weighted by molar-refractivity contribution is 5.67. The topological polar surface area (TPSA) is 61.6 Å². The molecule has 0 bridgehead atoms. The van der Waals surface area contributed by atoms with Gasteiger partial charge in [0, 0.05) is 18.0 Å². The number of nitrogens with one attached hydrogen (secondary N) is 1. The molecule has 0 fully saturated rings. The molecule has 4 heteroatoms. The molecular weight excluding hydrogens is 236 g/mol. The van der Waals surface area contributed by atoms with Gasteiger partial charge in [-0.05, 0) is 29.5 Å². The average Bonchev–Trinajstić information content (AvgIpc) is 2.40. The van der Waals surface area contributed by atoms with Crippen molar-refractivity contribution in [3.63, 3.8) is 0 Å². The maximum atomic E-state index is 8.51. The number of aryl methyl sites for hydroxylation is 1. The van der Waals surface area contributed by atoms with Gasteiger partial charge in [-0.2, -0.15) is 5.26 Å². The van der Waals surface area contributed by atoms with Gasteiger partial charge in [0.25, 0.3) is 0 Å². The summed E-state index contributed by atoms with van der Waals surface area (Å²) in [6.07, 6.45) is 5.27. The van der Waals surface area contributed by atoms with E-state index in [4.69, 9.17) is 5.26 Å². The first kappa shape index (κ1) is 13.0. The highest BCUT2D eigenvalue weighted by Gasteiger charge is 2.07. The van der Waals surface area contributed by atoms with Crippen LogP contribution in [0.5, 0.6) is 0 Å². The predicted octanol–water partition coefficient (Wildman–Crippen LogP) is 3.47. The van der Waals surface area contributed by atoms with Crippen molar-refractivity contribution >= 4 is 5.95 Å². The van der Waals surface area contributed by atoms with E-state index in [-0.39, 0.29) is 0 Å². The molecule has 19 heavy (non-hydrogen) atoms. The summed E-state index contributed by atoms with van der Waals surface area (Å²) in [6, 6.07) is 6.44. The Morgan fingerprint density at radius 3 is 2.47 bits per heavy atom. The maximum absolute atomic E-state index is 8.51. The second-order valence-corrected chi connectivity index (χ2v) is 4.76. The molecule has 1 heterocycles. The van der Waals surface area contributed by atoms with Gasteiger partial charge in [0.2, 0.25) is 5.95 Å².